The molecule has 2 aromatic rings. The predicted octanol–water partition coefficient (Wildman–Crippen LogP) is 1.66. The van der Waals surface area contributed by atoms with Gasteiger partial charge in [0.25, 0.3) is 0 Å². The summed E-state index contributed by atoms with van der Waals surface area (Å²) in [6.07, 6.45) is 0.994. The summed E-state index contributed by atoms with van der Waals surface area (Å²) < 4.78 is 5.64. The van der Waals surface area contributed by atoms with E-state index in [0.717, 1.165) is 46.3 Å². The average Bonchev–Trinajstić information content (AvgIpc) is 2.47. The summed E-state index contributed by atoms with van der Waals surface area (Å²) >= 11 is 0. The molecule has 23 heavy (non-hydrogen) atoms. The van der Waals surface area contributed by atoms with Crippen LogP contribution in [-0.2, 0) is 0 Å². The van der Waals surface area contributed by atoms with Gasteiger partial charge >= 0.3 is 18.9 Å². The molecule has 1 atom stereocenters. The van der Waals surface area contributed by atoms with E-state index in [1.165, 1.54) is 0 Å². The number of hydrogen-bond donors (Lipinski definition) is 0. The number of rotatable bonds is 6. The van der Waals surface area contributed by atoms with Crippen LogP contribution in [0.5, 0.6) is 5.75 Å². The summed E-state index contributed by atoms with van der Waals surface area (Å²) in [5.74, 6) is 0.882. The Morgan fingerprint density at radius 3 is 2.30 bits per heavy atom. The Labute approximate surface area is 154 Å². The first-order valence-electron chi connectivity index (χ1n) is 7.64. The van der Waals surface area contributed by atoms with Crippen molar-refractivity contribution in [3.05, 3.63) is 58.7 Å². The standard InChI is InChI=1S/C19H23O2P.Li.H/c1-5-11-21-16-9-10-17(15(4)12-16)22-19(20)18-13(2)7-6-8-14(18)3;;/h6-10,12,22H,5,11H2,1-4H3;;/q;+1;-1. The first-order valence-corrected chi connectivity index (χ1v) is 8.64. The summed E-state index contributed by atoms with van der Waals surface area (Å²) in [4.78, 5) is 12.6. The Morgan fingerprint density at radius 1 is 1.09 bits per heavy atom. The predicted molar refractivity (Wildman–Crippen MR) is 96.3 cm³/mol. The van der Waals surface area contributed by atoms with Gasteiger partial charge in [-0.3, -0.25) is 4.79 Å². The minimum Gasteiger partial charge on any atom is -1.00 e. The van der Waals surface area contributed by atoms with Crippen LogP contribution in [0.1, 0.15) is 41.8 Å². The van der Waals surface area contributed by atoms with E-state index in [-0.39, 0.29) is 34.4 Å². The number of ether oxygens (including phenoxy) is 1. The normalized spacial score (nSPS) is 10.6. The second kappa shape index (κ2) is 9.29. The second-order valence-corrected chi connectivity index (χ2v) is 6.79. The molecule has 0 heterocycles. The van der Waals surface area contributed by atoms with E-state index in [2.05, 4.69) is 6.92 Å². The third kappa shape index (κ3) is 5.22. The van der Waals surface area contributed by atoms with Crippen LogP contribution in [-0.4, -0.2) is 12.1 Å². The third-order valence-corrected chi connectivity index (χ3v) is 4.93. The van der Waals surface area contributed by atoms with E-state index in [1.54, 1.807) is 0 Å². The number of hydrogen-bond acceptors (Lipinski definition) is 2. The van der Waals surface area contributed by atoms with Gasteiger partial charge in [0.05, 0.1) is 6.61 Å². The van der Waals surface area contributed by atoms with E-state index in [4.69, 9.17) is 4.74 Å². The van der Waals surface area contributed by atoms with Gasteiger partial charge in [0, 0.05) is 5.56 Å². The molecule has 0 aliphatic rings. The topological polar surface area (TPSA) is 26.3 Å². The average molecular weight is 322 g/mol. The van der Waals surface area contributed by atoms with E-state index in [0.29, 0.717) is 0 Å². The van der Waals surface area contributed by atoms with E-state index >= 15 is 0 Å². The van der Waals surface area contributed by atoms with Crippen LogP contribution in [0, 0.1) is 20.8 Å². The fraction of sp³-hybridized carbons (Fsp3) is 0.316. The minimum absolute atomic E-state index is 0. The molecule has 1 unspecified atom stereocenters. The van der Waals surface area contributed by atoms with Crippen molar-refractivity contribution in [2.24, 2.45) is 0 Å². The van der Waals surface area contributed by atoms with Crippen molar-refractivity contribution < 1.29 is 29.8 Å². The molecule has 2 rings (SSSR count). The van der Waals surface area contributed by atoms with Gasteiger partial charge in [-0.2, -0.15) is 0 Å². The Hall–Kier alpha value is -1.06. The summed E-state index contributed by atoms with van der Waals surface area (Å²) in [7, 11) is 0.152. The zero-order chi connectivity index (χ0) is 16.1. The quantitative estimate of drug-likeness (QED) is 0.597. The van der Waals surface area contributed by atoms with Gasteiger partial charge in [-0.05, 0) is 69.9 Å². The van der Waals surface area contributed by atoms with E-state index < -0.39 is 0 Å². The van der Waals surface area contributed by atoms with Gasteiger partial charge in [0.2, 0.25) is 0 Å². The Bertz CT molecular complexity index is 669. The SMILES string of the molecule is CCCOc1ccc(PC(=O)c2c(C)cccc2C)c(C)c1.[H-].[Li+]. The molecule has 2 aromatic carbocycles. The molecular weight excluding hydrogens is 298 g/mol. The largest absolute Gasteiger partial charge is 1.00 e. The van der Waals surface area contributed by atoms with Crippen LogP contribution < -0.4 is 28.9 Å². The van der Waals surface area contributed by atoms with Gasteiger partial charge in [0.15, 0.2) is 5.52 Å². The summed E-state index contributed by atoms with van der Waals surface area (Å²) in [6.45, 7) is 8.85. The van der Waals surface area contributed by atoms with Crippen molar-refractivity contribution in [1.82, 2.24) is 0 Å². The van der Waals surface area contributed by atoms with Crippen molar-refractivity contribution in [3.63, 3.8) is 0 Å². The third-order valence-electron chi connectivity index (χ3n) is 3.63. The van der Waals surface area contributed by atoms with Crippen LogP contribution >= 0.6 is 8.58 Å². The Morgan fingerprint density at radius 2 is 1.74 bits per heavy atom. The molecule has 0 saturated heterocycles. The summed E-state index contributed by atoms with van der Waals surface area (Å²) in [6, 6.07) is 12.0. The molecule has 0 amide bonds. The van der Waals surface area contributed by atoms with Crippen LogP contribution in [0.4, 0.5) is 0 Å². The number of aryl methyl sites for hydroxylation is 3. The molecule has 0 saturated carbocycles. The fourth-order valence-corrected chi connectivity index (χ4v) is 3.64. The van der Waals surface area contributed by atoms with Crippen LogP contribution in [0.15, 0.2) is 36.4 Å². The number of carbonyl (C=O) groups excluding carboxylic acids is 1. The zero-order valence-electron chi connectivity index (χ0n) is 15.7. The first-order chi connectivity index (χ1) is 10.5. The van der Waals surface area contributed by atoms with Crippen molar-refractivity contribution in [3.8, 4) is 5.75 Å². The fourth-order valence-electron chi connectivity index (χ4n) is 2.44. The molecule has 2 nitrogen and oxygen atoms in total. The molecule has 0 bridgehead atoms. The molecule has 0 N–H and O–H groups in total. The van der Waals surface area contributed by atoms with Gasteiger partial charge in [-0.1, -0.05) is 31.2 Å². The van der Waals surface area contributed by atoms with Crippen molar-refractivity contribution >= 4 is 19.4 Å². The molecular formula is C19H24LiO2P. The molecule has 118 valence electrons. The maximum absolute atomic E-state index is 12.6. The molecule has 0 aromatic heterocycles. The molecule has 0 fully saturated rings. The van der Waals surface area contributed by atoms with Crippen LogP contribution in [0.25, 0.3) is 0 Å². The maximum atomic E-state index is 12.6. The molecule has 0 aliphatic carbocycles. The second-order valence-electron chi connectivity index (χ2n) is 5.55. The maximum Gasteiger partial charge on any atom is 1.00 e. The van der Waals surface area contributed by atoms with Crippen LogP contribution in [0.3, 0.4) is 0 Å². The number of carbonyl (C=O) groups is 1. The van der Waals surface area contributed by atoms with Gasteiger partial charge in [-0.15, -0.1) is 0 Å². The monoisotopic (exact) mass is 322 g/mol. The van der Waals surface area contributed by atoms with E-state index in [9.17, 15) is 4.79 Å². The van der Waals surface area contributed by atoms with Gasteiger partial charge in [0.1, 0.15) is 5.75 Å². The molecule has 0 radical (unpaired) electrons. The number of benzene rings is 2. The first kappa shape index (κ1) is 20.0. The van der Waals surface area contributed by atoms with Gasteiger partial charge in [-0.25, -0.2) is 0 Å². The minimum atomic E-state index is 0. The zero-order valence-corrected chi connectivity index (χ0v) is 15.7. The van der Waals surface area contributed by atoms with Crippen molar-refractivity contribution in [2.75, 3.05) is 6.61 Å². The van der Waals surface area contributed by atoms with Crippen molar-refractivity contribution in [2.45, 2.75) is 34.1 Å². The van der Waals surface area contributed by atoms with E-state index in [1.807, 2.05) is 57.2 Å². The Balaban J connectivity index is 0.00000264. The molecule has 4 heteroatoms. The molecule has 0 spiro atoms. The summed E-state index contributed by atoms with van der Waals surface area (Å²) in [5, 5.41) is 1.09. The van der Waals surface area contributed by atoms with Crippen molar-refractivity contribution in [1.29, 1.82) is 0 Å². The summed E-state index contributed by atoms with van der Waals surface area (Å²) in [5.41, 5.74) is 4.30. The Kier molecular flexibility index (Phi) is 8.07. The molecule has 0 aliphatic heterocycles. The van der Waals surface area contributed by atoms with Crippen LogP contribution in [0.2, 0.25) is 0 Å². The van der Waals surface area contributed by atoms with Gasteiger partial charge < -0.3 is 6.16 Å². The smallest absolute Gasteiger partial charge is 1.00 e.